The molecule has 0 atom stereocenters. The van der Waals surface area contributed by atoms with Crippen LogP contribution in [0, 0.1) is 0 Å². The lowest BCUT2D eigenvalue weighted by atomic mass is 10.2. The number of aromatic nitrogens is 1. The summed E-state index contributed by atoms with van der Waals surface area (Å²) < 4.78 is 5.74. The van der Waals surface area contributed by atoms with E-state index < -0.39 is 0 Å². The van der Waals surface area contributed by atoms with Gasteiger partial charge >= 0.3 is 0 Å². The Balaban J connectivity index is 1.70. The van der Waals surface area contributed by atoms with E-state index in [1.54, 1.807) is 0 Å². The highest BCUT2D eigenvalue weighted by Crippen LogP contribution is 2.18. The average Bonchev–Trinajstić information content (AvgIpc) is 2.72. The van der Waals surface area contributed by atoms with Crippen LogP contribution in [0.2, 0.25) is 0 Å². The van der Waals surface area contributed by atoms with E-state index in [1.807, 2.05) is 6.07 Å². The van der Waals surface area contributed by atoms with Crippen molar-refractivity contribution in [3.05, 3.63) is 29.7 Å². The van der Waals surface area contributed by atoms with Gasteiger partial charge in [0, 0.05) is 19.6 Å². The van der Waals surface area contributed by atoms with Gasteiger partial charge in [0.1, 0.15) is 5.52 Å². The first-order valence-corrected chi connectivity index (χ1v) is 7.87. The molecule has 0 aliphatic carbocycles. The molecule has 1 aliphatic heterocycles. The van der Waals surface area contributed by atoms with Gasteiger partial charge < -0.3 is 15.1 Å². The minimum absolute atomic E-state index is 0.693. The van der Waals surface area contributed by atoms with Crippen molar-refractivity contribution < 1.29 is 4.42 Å². The Bertz CT molecular complexity index is 573. The second kappa shape index (κ2) is 7.02. The van der Waals surface area contributed by atoms with Crippen molar-refractivity contribution in [1.29, 1.82) is 0 Å². The summed E-state index contributed by atoms with van der Waals surface area (Å²) in [6.07, 6.45) is 1.22. The molecule has 0 amide bonds. The van der Waals surface area contributed by atoms with Crippen LogP contribution in [0.5, 0.6) is 0 Å². The van der Waals surface area contributed by atoms with Gasteiger partial charge in [-0.2, -0.15) is 0 Å². The van der Waals surface area contributed by atoms with E-state index in [2.05, 4.69) is 39.6 Å². The predicted octanol–water partition coefficient (Wildman–Crippen LogP) is 1.73. The second-order valence-electron chi connectivity index (χ2n) is 5.57. The molecule has 3 rings (SSSR count). The maximum atomic E-state index is 5.74. The molecule has 0 radical (unpaired) electrons. The highest BCUT2D eigenvalue weighted by molar-refractivity contribution is 5.73. The third-order valence-electron chi connectivity index (χ3n) is 3.86. The number of nitrogens with zero attached hydrogens (tertiary/aromatic N) is 2. The van der Waals surface area contributed by atoms with E-state index in [0.29, 0.717) is 6.54 Å². The first-order valence-electron chi connectivity index (χ1n) is 7.87. The normalized spacial score (nSPS) is 17.2. The fraction of sp³-hybridized carbons (Fsp3) is 0.562. The molecule has 0 unspecified atom stereocenters. The van der Waals surface area contributed by atoms with Gasteiger partial charge in [-0.25, -0.2) is 4.98 Å². The Morgan fingerprint density at radius 1 is 1.33 bits per heavy atom. The Morgan fingerprint density at radius 3 is 3.19 bits per heavy atom. The molecule has 2 aromatic rings. The summed E-state index contributed by atoms with van der Waals surface area (Å²) in [4.78, 5) is 7.06. The molecule has 1 fully saturated rings. The number of rotatable bonds is 5. The number of benzene rings is 1. The molecule has 0 spiro atoms. The van der Waals surface area contributed by atoms with Crippen LogP contribution in [0.15, 0.2) is 22.6 Å². The maximum Gasteiger partial charge on any atom is 0.209 e. The summed E-state index contributed by atoms with van der Waals surface area (Å²) >= 11 is 0. The van der Waals surface area contributed by atoms with Crippen LogP contribution in [-0.2, 0) is 13.1 Å². The molecule has 0 saturated carbocycles. The lowest BCUT2D eigenvalue weighted by Crippen LogP contribution is -2.27. The number of fused-ring (bicyclic) bond motifs is 1. The molecule has 2 heterocycles. The third-order valence-corrected chi connectivity index (χ3v) is 3.86. The fourth-order valence-corrected chi connectivity index (χ4v) is 2.74. The molecular weight excluding hydrogens is 264 g/mol. The van der Waals surface area contributed by atoms with Gasteiger partial charge in [-0.05, 0) is 43.8 Å². The summed E-state index contributed by atoms with van der Waals surface area (Å²) in [6.45, 7) is 9.18. The first-order chi connectivity index (χ1) is 10.3. The monoisotopic (exact) mass is 288 g/mol. The second-order valence-corrected chi connectivity index (χ2v) is 5.57. The topological polar surface area (TPSA) is 53.3 Å². The van der Waals surface area contributed by atoms with E-state index in [9.17, 15) is 0 Å². The number of oxazole rings is 1. The van der Waals surface area contributed by atoms with E-state index in [-0.39, 0.29) is 0 Å². The van der Waals surface area contributed by atoms with Gasteiger partial charge in [-0.15, -0.1) is 0 Å². The molecule has 1 saturated heterocycles. The van der Waals surface area contributed by atoms with Crippen LogP contribution >= 0.6 is 0 Å². The minimum atomic E-state index is 0.693. The van der Waals surface area contributed by atoms with Crippen molar-refractivity contribution in [2.24, 2.45) is 0 Å². The van der Waals surface area contributed by atoms with E-state index in [1.165, 1.54) is 12.0 Å². The number of hydrogen-bond donors (Lipinski definition) is 2. The SMILES string of the molecule is CCNCc1nc2cc(CN3CCCNCC3)ccc2o1. The largest absolute Gasteiger partial charge is 0.439 e. The quantitative estimate of drug-likeness (QED) is 0.877. The Kier molecular flexibility index (Phi) is 4.85. The van der Waals surface area contributed by atoms with Gasteiger partial charge in [0.15, 0.2) is 5.58 Å². The van der Waals surface area contributed by atoms with Crippen LogP contribution in [0.1, 0.15) is 24.8 Å². The molecule has 5 nitrogen and oxygen atoms in total. The fourth-order valence-electron chi connectivity index (χ4n) is 2.74. The van der Waals surface area contributed by atoms with Crippen molar-refractivity contribution >= 4 is 11.1 Å². The summed E-state index contributed by atoms with van der Waals surface area (Å²) in [5.41, 5.74) is 3.16. The highest BCUT2D eigenvalue weighted by atomic mass is 16.3. The lowest BCUT2D eigenvalue weighted by Gasteiger charge is -2.19. The molecule has 21 heavy (non-hydrogen) atoms. The molecule has 1 aromatic carbocycles. The van der Waals surface area contributed by atoms with E-state index in [4.69, 9.17) is 4.42 Å². The number of hydrogen-bond acceptors (Lipinski definition) is 5. The summed E-state index contributed by atoms with van der Waals surface area (Å²) in [6, 6.07) is 6.36. The zero-order valence-electron chi connectivity index (χ0n) is 12.7. The Hall–Kier alpha value is -1.43. The maximum absolute atomic E-state index is 5.74. The van der Waals surface area contributed by atoms with Gasteiger partial charge in [0.25, 0.3) is 0 Å². The summed E-state index contributed by atoms with van der Waals surface area (Å²) in [5, 5.41) is 6.68. The zero-order valence-corrected chi connectivity index (χ0v) is 12.7. The Morgan fingerprint density at radius 2 is 2.29 bits per heavy atom. The summed E-state index contributed by atoms with van der Waals surface area (Å²) in [7, 11) is 0. The van der Waals surface area contributed by atoms with Gasteiger partial charge in [-0.3, -0.25) is 4.90 Å². The molecule has 1 aliphatic rings. The predicted molar refractivity (Wildman–Crippen MR) is 84.2 cm³/mol. The molecule has 2 N–H and O–H groups in total. The standard InChI is InChI=1S/C16H24N4O/c1-2-17-11-16-19-14-10-13(4-5-15(14)21-16)12-20-8-3-6-18-7-9-20/h4-5,10,17-18H,2-3,6-9,11-12H2,1H3. The van der Waals surface area contributed by atoms with E-state index in [0.717, 1.165) is 56.3 Å². The van der Waals surface area contributed by atoms with Crippen molar-refractivity contribution in [1.82, 2.24) is 20.5 Å². The zero-order chi connectivity index (χ0) is 14.5. The number of nitrogens with one attached hydrogen (secondary N) is 2. The van der Waals surface area contributed by atoms with Crippen molar-refractivity contribution in [3.8, 4) is 0 Å². The van der Waals surface area contributed by atoms with Gasteiger partial charge in [0.05, 0.1) is 6.54 Å². The van der Waals surface area contributed by atoms with Crippen molar-refractivity contribution in [2.45, 2.75) is 26.4 Å². The highest BCUT2D eigenvalue weighted by Gasteiger charge is 2.11. The molecule has 5 heteroatoms. The summed E-state index contributed by atoms with van der Waals surface area (Å²) in [5.74, 6) is 0.767. The van der Waals surface area contributed by atoms with Crippen molar-refractivity contribution in [3.63, 3.8) is 0 Å². The van der Waals surface area contributed by atoms with Crippen LogP contribution in [0.3, 0.4) is 0 Å². The Labute approximate surface area is 125 Å². The van der Waals surface area contributed by atoms with Crippen molar-refractivity contribution in [2.75, 3.05) is 32.7 Å². The van der Waals surface area contributed by atoms with Crippen LogP contribution in [0.4, 0.5) is 0 Å². The smallest absolute Gasteiger partial charge is 0.209 e. The van der Waals surface area contributed by atoms with Crippen LogP contribution in [0.25, 0.3) is 11.1 Å². The van der Waals surface area contributed by atoms with E-state index >= 15 is 0 Å². The lowest BCUT2D eigenvalue weighted by molar-refractivity contribution is 0.284. The van der Waals surface area contributed by atoms with Crippen LogP contribution < -0.4 is 10.6 Å². The first kappa shape index (κ1) is 14.5. The molecule has 114 valence electrons. The molecule has 0 bridgehead atoms. The van der Waals surface area contributed by atoms with Gasteiger partial charge in [-0.1, -0.05) is 13.0 Å². The average molecular weight is 288 g/mol. The van der Waals surface area contributed by atoms with Crippen LogP contribution in [-0.4, -0.2) is 42.6 Å². The minimum Gasteiger partial charge on any atom is -0.439 e. The van der Waals surface area contributed by atoms with Gasteiger partial charge in [0.2, 0.25) is 5.89 Å². The third kappa shape index (κ3) is 3.81. The molecule has 1 aromatic heterocycles. The molecular formula is C16H24N4O.